The van der Waals surface area contributed by atoms with Crippen molar-refractivity contribution < 1.29 is 9.13 Å². The normalized spacial score (nSPS) is 18.0. The zero-order chi connectivity index (χ0) is 33.0. The topological polar surface area (TPSA) is 20.7 Å². The van der Waals surface area contributed by atoms with Gasteiger partial charge in [0.05, 0.1) is 0 Å². The van der Waals surface area contributed by atoms with E-state index in [1.165, 1.54) is 84.4 Å². The van der Waals surface area contributed by atoms with Crippen LogP contribution in [-0.4, -0.2) is 91.7 Å². The molecule has 3 aromatic rings. The summed E-state index contributed by atoms with van der Waals surface area (Å²) >= 11 is 0. The number of hydrogen-bond donors (Lipinski definition) is 0. The zero-order valence-electron chi connectivity index (χ0n) is 29.1. The lowest BCUT2D eigenvalue weighted by Gasteiger charge is -2.38. The number of aromatic nitrogens is 2. The first kappa shape index (κ1) is 34.8. The van der Waals surface area contributed by atoms with Crippen LogP contribution in [0, 0.1) is 0 Å². The van der Waals surface area contributed by atoms with E-state index in [0.717, 1.165) is 51.9 Å². The van der Waals surface area contributed by atoms with Gasteiger partial charge in [0, 0.05) is 113 Å². The van der Waals surface area contributed by atoms with Gasteiger partial charge in [-0.05, 0) is 66.2 Å². The zero-order valence-corrected chi connectivity index (χ0v) is 30.7. The van der Waals surface area contributed by atoms with Crippen molar-refractivity contribution in [3.8, 4) is 0 Å². The molecule has 2 saturated heterocycles. The first-order valence-corrected chi connectivity index (χ1v) is 20.3. The first-order chi connectivity index (χ1) is 23.6. The van der Waals surface area contributed by atoms with Gasteiger partial charge in [0.15, 0.2) is 24.8 Å². The number of pyridine rings is 2. The van der Waals surface area contributed by atoms with Gasteiger partial charge >= 0.3 is 0 Å². The summed E-state index contributed by atoms with van der Waals surface area (Å²) in [6.45, 7) is 11.7. The van der Waals surface area contributed by atoms with Crippen LogP contribution in [0.15, 0.2) is 103 Å². The number of anilines is 1. The number of allylic oxidation sites excluding steroid dienone is 5. The molecular formula is C40H54N6S2+2. The first-order valence-electron chi connectivity index (χ1n) is 17.8. The molecule has 48 heavy (non-hydrogen) atoms. The smallest absolute Gasteiger partial charge is 0.169 e. The highest BCUT2D eigenvalue weighted by Crippen LogP contribution is 2.25. The van der Waals surface area contributed by atoms with Crippen molar-refractivity contribution in [2.75, 3.05) is 81.9 Å². The summed E-state index contributed by atoms with van der Waals surface area (Å²) in [7, 11) is 8.26. The predicted molar refractivity (Wildman–Crippen MR) is 205 cm³/mol. The fraction of sp³-hybridized carbons (Fsp3) is 0.450. The van der Waals surface area contributed by atoms with Gasteiger partial charge in [-0.15, -0.1) is 0 Å². The van der Waals surface area contributed by atoms with Crippen LogP contribution in [0.3, 0.4) is 0 Å². The van der Waals surface area contributed by atoms with Gasteiger partial charge in [0.1, 0.15) is 14.1 Å². The Balaban J connectivity index is 0.797. The Labute approximate surface area is 297 Å². The lowest BCUT2D eigenvalue weighted by atomic mass is 10.00. The Morgan fingerprint density at radius 1 is 0.583 bits per heavy atom. The van der Waals surface area contributed by atoms with E-state index in [9.17, 15) is 0 Å². The molecule has 2 aliphatic heterocycles. The second-order valence-electron chi connectivity index (χ2n) is 13.4. The SMILES string of the molecule is C[n+]1ccc(/C=C/C2=CC=C(N3CCN(CCSSCCN4CCN(c5ccc(CCc6cc[n+](C)cc6)cc5)CC4)CC3)CC2)cc1. The molecule has 0 amide bonds. The standard InChI is InChI=1S/C40H54N6S2/c1-41-19-15-37(16-20-41)5-3-35-7-11-39(12-8-35)45-27-23-43(24-28-45)31-33-47-48-34-32-44-25-29-46(30-26-44)40-13-9-36(10-14-40)4-6-38-17-21-42(2)22-18-38/h3,5,7,9-11,13-22H,4,6,8,12,23-34H2,1-2H3/q+2. The molecule has 0 radical (unpaired) electrons. The fourth-order valence-corrected chi connectivity index (χ4v) is 8.73. The average molecular weight is 683 g/mol. The molecule has 4 heterocycles. The van der Waals surface area contributed by atoms with E-state index in [1.807, 2.05) is 0 Å². The molecular weight excluding hydrogens is 629 g/mol. The molecule has 254 valence electrons. The summed E-state index contributed by atoms with van der Waals surface area (Å²) in [6.07, 6.45) is 22.1. The van der Waals surface area contributed by atoms with Crippen LogP contribution < -0.4 is 14.0 Å². The summed E-state index contributed by atoms with van der Waals surface area (Å²) in [6, 6.07) is 18.1. The second-order valence-corrected chi connectivity index (χ2v) is 16.1. The number of rotatable bonds is 14. The van der Waals surface area contributed by atoms with E-state index in [4.69, 9.17) is 0 Å². The molecule has 0 spiro atoms. The maximum absolute atomic E-state index is 2.66. The average Bonchev–Trinajstić information content (AvgIpc) is 3.14. The number of nitrogens with zero attached hydrogens (tertiary/aromatic N) is 6. The minimum atomic E-state index is 1.10. The van der Waals surface area contributed by atoms with Crippen LogP contribution in [0.5, 0.6) is 0 Å². The molecule has 1 aliphatic carbocycles. The van der Waals surface area contributed by atoms with Crippen molar-refractivity contribution in [1.29, 1.82) is 0 Å². The quantitative estimate of drug-likeness (QED) is 0.125. The summed E-state index contributed by atoms with van der Waals surface area (Å²) < 4.78 is 4.16. The van der Waals surface area contributed by atoms with Crippen molar-refractivity contribution in [3.63, 3.8) is 0 Å². The highest BCUT2D eigenvalue weighted by molar-refractivity contribution is 8.76. The molecule has 0 N–H and O–H groups in total. The van der Waals surface area contributed by atoms with E-state index in [2.05, 4.69) is 162 Å². The van der Waals surface area contributed by atoms with Crippen LogP contribution in [0.4, 0.5) is 5.69 Å². The van der Waals surface area contributed by atoms with Crippen molar-refractivity contribution in [3.05, 3.63) is 120 Å². The van der Waals surface area contributed by atoms with Crippen molar-refractivity contribution in [1.82, 2.24) is 14.7 Å². The molecule has 0 unspecified atom stereocenters. The molecule has 2 fully saturated rings. The highest BCUT2D eigenvalue weighted by Gasteiger charge is 2.20. The third-order valence-electron chi connectivity index (χ3n) is 9.92. The van der Waals surface area contributed by atoms with Gasteiger partial charge in [-0.25, -0.2) is 9.13 Å². The molecule has 1 aromatic carbocycles. The highest BCUT2D eigenvalue weighted by atomic mass is 33.1. The number of piperazine rings is 2. The molecule has 8 heteroatoms. The van der Waals surface area contributed by atoms with Crippen molar-refractivity contribution in [2.45, 2.75) is 25.7 Å². The monoisotopic (exact) mass is 682 g/mol. The van der Waals surface area contributed by atoms with E-state index < -0.39 is 0 Å². The molecule has 0 saturated carbocycles. The third kappa shape index (κ3) is 10.7. The summed E-state index contributed by atoms with van der Waals surface area (Å²) in [5.41, 5.74) is 8.40. The van der Waals surface area contributed by atoms with Gasteiger partial charge < -0.3 is 9.80 Å². The summed E-state index contributed by atoms with van der Waals surface area (Å²) in [4.78, 5) is 10.5. The minimum Gasteiger partial charge on any atom is -0.372 e. The summed E-state index contributed by atoms with van der Waals surface area (Å²) in [5.74, 6) is 2.44. The van der Waals surface area contributed by atoms with Crippen LogP contribution in [0.25, 0.3) is 6.08 Å². The molecule has 2 aromatic heterocycles. The lowest BCUT2D eigenvalue weighted by Crippen LogP contribution is -2.47. The van der Waals surface area contributed by atoms with Crippen molar-refractivity contribution in [2.24, 2.45) is 14.1 Å². The maximum Gasteiger partial charge on any atom is 0.169 e. The summed E-state index contributed by atoms with van der Waals surface area (Å²) in [5, 5.41) is 0. The number of aryl methyl sites for hydroxylation is 4. The molecule has 6 nitrogen and oxygen atoms in total. The Morgan fingerprint density at radius 2 is 1.12 bits per heavy atom. The van der Waals surface area contributed by atoms with Crippen LogP contribution in [0.1, 0.15) is 29.5 Å². The Morgan fingerprint density at radius 3 is 1.69 bits per heavy atom. The fourth-order valence-electron chi connectivity index (χ4n) is 6.67. The van der Waals surface area contributed by atoms with E-state index in [-0.39, 0.29) is 0 Å². The Bertz CT molecular complexity index is 1500. The van der Waals surface area contributed by atoms with Gasteiger partial charge in [0.25, 0.3) is 0 Å². The second kappa shape index (κ2) is 18.1. The molecule has 3 aliphatic rings. The Kier molecular flexibility index (Phi) is 13.1. The predicted octanol–water partition coefficient (Wildman–Crippen LogP) is 5.56. The van der Waals surface area contributed by atoms with E-state index in [1.54, 1.807) is 0 Å². The minimum absolute atomic E-state index is 1.10. The molecule has 0 atom stereocenters. The van der Waals surface area contributed by atoms with Crippen LogP contribution >= 0.6 is 21.6 Å². The van der Waals surface area contributed by atoms with E-state index >= 15 is 0 Å². The molecule has 0 bridgehead atoms. The van der Waals surface area contributed by atoms with Crippen LogP contribution in [-0.2, 0) is 26.9 Å². The Hall–Kier alpha value is -3.04. The van der Waals surface area contributed by atoms with Crippen LogP contribution in [0.2, 0.25) is 0 Å². The molecule has 6 rings (SSSR count). The maximum atomic E-state index is 2.66. The van der Waals surface area contributed by atoms with Gasteiger partial charge in [-0.1, -0.05) is 51.9 Å². The third-order valence-corrected chi connectivity index (χ3v) is 12.3. The number of hydrogen-bond acceptors (Lipinski definition) is 6. The van der Waals surface area contributed by atoms with E-state index in [0.29, 0.717) is 0 Å². The van der Waals surface area contributed by atoms with Crippen molar-refractivity contribution >= 4 is 33.4 Å². The van der Waals surface area contributed by atoms with Gasteiger partial charge in [0.2, 0.25) is 0 Å². The van der Waals surface area contributed by atoms with Gasteiger partial charge in [-0.3, -0.25) is 9.80 Å². The lowest BCUT2D eigenvalue weighted by molar-refractivity contribution is -0.671. The number of benzene rings is 1. The van der Waals surface area contributed by atoms with Gasteiger partial charge in [-0.2, -0.15) is 0 Å². The largest absolute Gasteiger partial charge is 0.372 e.